The quantitative estimate of drug-likeness (QED) is 0.517. The molecule has 4 rings (SSSR count). The third kappa shape index (κ3) is 4.32. The second kappa shape index (κ2) is 8.99. The zero-order valence-electron chi connectivity index (χ0n) is 15.5. The number of hydrogen-bond donors (Lipinski definition) is 1. The molecule has 29 heavy (non-hydrogen) atoms. The predicted molar refractivity (Wildman–Crippen MR) is 116 cm³/mol. The minimum absolute atomic E-state index is 0.172. The van der Waals surface area contributed by atoms with Gasteiger partial charge < -0.3 is 5.32 Å². The van der Waals surface area contributed by atoms with Gasteiger partial charge in [-0.25, -0.2) is 0 Å². The Bertz CT molecular complexity index is 1070. The smallest absolute Gasteiger partial charge is 0.235 e. The maximum Gasteiger partial charge on any atom is 0.235 e. The Morgan fingerprint density at radius 1 is 1.31 bits per heavy atom. The molecule has 1 fully saturated rings. The Morgan fingerprint density at radius 2 is 2.10 bits per heavy atom. The van der Waals surface area contributed by atoms with Crippen molar-refractivity contribution in [2.45, 2.75) is 36.9 Å². The van der Waals surface area contributed by atoms with Gasteiger partial charge in [-0.3, -0.25) is 9.36 Å². The van der Waals surface area contributed by atoms with Crippen molar-refractivity contribution in [2.24, 2.45) is 0 Å². The summed E-state index contributed by atoms with van der Waals surface area (Å²) in [6.45, 7) is 0. The van der Waals surface area contributed by atoms with Crippen LogP contribution < -0.4 is 5.32 Å². The van der Waals surface area contributed by atoms with Gasteiger partial charge in [0.15, 0.2) is 11.0 Å². The number of thiophene rings is 1. The molecule has 0 bridgehead atoms. The zero-order chi connectivity index (χ0) is 20.2. The molecule has 0 saturated heterocycles. The maximum atomic E-state index is 12.4. The Kier molecular flexibility index (Phi) is 6.19. The summed E-state index contributed by atoms with van der Waals surface area (Å²) in [6.07, 6.45) is 4.47. The van der Waals surface area contributed by atoms with Crippen molar-refractivity contribution in [1.29, 1.82) is 5.26 Å². The van der Waals surface area contributed by atoms with Gasteiger partial charge in [0, 0.05) is 11.6 Å². The highest BCUT2D eigenvalue weighted by atomic mass is 35.5. The normalized spacial score (nSPS) is 14.1. The summed E-state index contributed by atoms with van der Waals surface area (Å²) >= 11 is 9.10. The van der Waals surface area contributed by atoms with Crippen molar-refractivity contribution >= 4 is 45.6 Å². The third-order valence-corrected chi connectivity index (χ3v) is 6.94. The number of amides is 1. The molecule has 1 aromatic carbocycles. The molecular formula is C20H18ClN5OS2. The van der Waals surface area contributed by atoms with Crippen molar-refractivity contribution < 1.29 is 4.79 Å². The van der Waals surface area contributed by atoms with E-state index in [9.17, 15) is 4.79 Å². The molecule has 148 valence electrons. The second-order valence-electron chi connectivity index (χ2n) is 6.71. The monoisotopic (exact) mass is 443 g/mol. The van der Waals surface area contributed by atoms with E-state index >= 15 is 0 Å². The van der Waals surface area contributed by atoms with Crippen LogP contribution in [0.3, 0.4) is 0 Å². The number of nitrogens with zero attached hydrogens (tertiary/aromatic N) is 4. The number of halogens is 1. The minimum atomic E-state index is -0.172. The summed E-state index contributed by atoms with van der Waals surface area (Å²) in [5, 5.41) is 24.4. The molecule has 1 N–H and O–H groups in total. The van der Waals surface area contributed by atoms with Gasteiger partial charge in [-0.2, -0.15) is 5.26 Å². The molecule has 2 aromatic heterocycles. The average molecular weight is 444 g/mol. The van der Waals surface area contributed by atoms with Gasteiger partial charge in [0.2, 0.25) is 5.91 Å². The average Bonchev–Trinajstić information content (AvgIpc) is 3.47. The number of carbonyl (C=O) groups excluding carboxylic acids is 1. The van der Waals surface area contributed by atoms with Crippen LogP contribution in [-0.4, -0.2) is 26.4 Å². The van der Waals surface area contributed by atoms with E-state index in [-0.39, 0.29) is 11.7 Å². The summed E-state index contributed by atoms with van der Waals surface area (Å²) in [5.74, 6) is 0.764. The minimum Gasteiger partial charge on any atom is -0.316 e. The largest absolute Gasteiger partial charge is 0.316 e. The Hall–Kier alpha value is -2.34. The first-order valence-corrected chi connectivity index (χ1v) is 11.5. The second-order valence-corrected chi connectivity index (χ2v) is 8.97. The number of nitrogens with one attached hydrogen (secondary N) is 1. The van der Waals surface area contributed by atoms with E-state index in [2.05, 4.69) is 26.2 Å². The topological polar surface area (TPSA) is 83.6 Å². The van der Waals surface area contributed by atoms with Gasteiger partial charge in [-0.15, -0.1) is 21.5 Å². The van der Waals surface area contributed by atoms with Crippen LogP contribution in [0.4, 0.5) is 5.00 Å². The lowest BCUT2D eigenvalue weighted by molar-refractivity contribution is -0.113. The molecular weight excluding hydrogens is 426 g/mol. The van der Waals surface area contributed by atoms with Crippen molar-refractivity contribution in [3.8, 4) is 17.5 Å². The van der Waals surface area contributed by atoms with E-state index in [1.54, 1.807) is 11.4 Å². The third-order valence-electron chi connectivity index (χ3n) is 4.84. The number of thioether (sulfide) groups is 1. The van der Waals surface area contributed by atoms with Gasteiger partial charge in [-0.1, -0.05) is 48.3 Å². The van der Waals surface area contributed by atoms with Crippen LogP contribution in [0.1, 0.15) is 37.3 Å². The van der Waals surface area contributed by atoms with E-state index in [0.717, 1.165) is 24.2 Å². The lowest BCUT2D eigenvalue weighted by atomic mass is 10.2. The molecule has 0 spiro atoms. The van der Waals surface area contributed by atoms with E-state index in [1.165, 1.54) is 35.9 Å². The van der Waals surface area contributed by atoms with Crippen LogP contribution in [0.2, 0.25) is 5.02 Å². The van der Waals surface area contributed by atoms with E-state index < -0.39 is 0 Å². The highest BCUT2D eigenvalue weighted by Gasteiger charge is 2.26. The number of carbonyl (C=O) groups is 1. The van der Waals surface area contributed by atoms with Crippen LogP contribution in [0.25, 0.3) is 11.4 Å². The molecule has 1 saturated carbocycles. The van der Waals surface area contributed by atoms with Crippen molar-refractivity contribution in [1.82, 2.24) is 14.8 Å². The fourth-order valence-electron chi connectivity index (χ4n) is 3.48. The SMILES string of the molecule is N#Cc1ccsc1NC(=O)CSc1nnc(-c2ccccc2Cl)n1C1CCCC1. The lowest BCUT2D eigenvalue weighted by Gasteiger charge is -2.17. The molecule has 0 radical (unpaired) electrons. The van der Waals surface area contributed by atoms with Crippen molar-refractivity contribution in [2.75, 3.05) is 11.1 Å². The highest BCUT2D eigenvalue weighted by molar-refractivity contribution is 7.99. The first-order chi connectivity index (χ1) is 14.2. The molecule has 2 heterocycles. The number of benzene rings is 1. The summed E-state index contributed by atoms with van der Waals surface area (Å²) in [6, 6.07) is 11.7. The van der Waals surface area contributed by atoms with E-state index in [4.69, 9.17) is 16.9 Å². The van der Waals surface area contributed by atoms with Gasteiger partial charge in [0.05, 0.1) is 16.3 Å². The molecule has 0 unspecified atom stereocenters. The summed E-state index contributed by atoms with van der Waals surface area (Å²) in [7, 11) is 0. The van der Waals surface area contributed by atoms with Crippen LogP contribution in [0, 0.1) is 11.3 Å². The molecule has 1 amide bonds. The van der Waals surface area contributed by atoms with E-state index in [1.807, 2.05) is 24.3 Å². The van der Waals surface area contributed by atoms with Gasteiger partial charge in [0.25, 0.3) is 0 Å². The Balaban J connectivity index is 1.55. The first-order valence-electron chi connectivity index (χ1n) is 9.27. The molecule has 6 nitrogen and oxygen atoms in total. The summed E-state index contributed by atoms with van der Waals surface area (Å²) in [5.41, 5.74) is 1.32. The number of hydrogen-bond acceptors (Lipinski definition) is 6. The number of rotatable bonds is 6. The predicted octanol–water partition coefficient (Wildman–Crippen LogP) is 5.38. The Morgan fingerprint density at radius 3 is 2.86 bits per heavy atom. The zero-order valence-corrected chi connectivity index (χ0v) is 17.9. The van der Waals surface area contributed by atoms with Crippen LogP contribution in [-0.2, 0) is 4.79 Å². The van der Waals surface area contributed by atoms with Crippen molar-refractivity contribution in [3.63, 3.8) is 0 Å². The lowest BCUT2D eigenvalue weighted by Crippen LogP contribution is -2.15. The molecule has 0 aliphatic heterocycles. The number of nitriles is 1. The van der Waals surface area contributed by atoms with Gasteiger partial charge in [-0.05, 0) is 36.4 Å². The molecule has 1 aliphatic rings. The van der Waals surface area contributed by atoms with E-state index in [0.29, 0.717) is 26.8 Å². The fraction of sp³-hybridized carbons (Fsp3) is 0.300. The van der Waals surface area contributed by atoms with Crippen LogP contribution >= 0.6 is 34.7 Å². The number of anilines is 1. The molecule has 1 aliphatic carbocycles. The Labute approximate surface area is 181 Å². The fourth-order valence-corrected chi connectivity index (χ4v) is 5.26. The van der Waals surface area contributed by atoms with Crippen molar-refractivity contribution in [3.05, 3.63) is 46.3 Å². The maximum absolute atomic E-state index is 12.4. The molecule has 0 atom stereocenters. The highest BCUT2D eigenvalue weighted by Crippen LogP contribution is 2.38. The number of aromatic nitrogens is 3. The molecule has 9 heteroatoms. The van der Waals surface area contributed by atoms with Crippen LogP contribution in [0.15, 0.2) is 40.9 Å². The summed E-state index contributed by atoms with van der Waals surface area (Å²) < 4.78 is 2.14. The van der Waals surface area contributed by atoms with Crippen LogP contribution in [0.5, 0.6) is 0 Å². The summed E-state index contributed by atoms with van der Waals surface area (Å²) in [4.78, 5) is 12.4. The van der Waals surface area contributed by atoms with Gasteiger partial charge >= 0.3 is 0 Å². The standard InChI is InChI=1S/C20H18ClN5OS2/c21-16-8-4-3-7-15(16)18-24-25-20(26(18)14-5-1-2-6-14)29-12-17(27)23-19-13(11-22)9-10-28-19/h3-4,7-10,14H,1-2,5-6,12H2,(H,23,27). The van der Waals surface area contributed by atoms with Gasteiger partial charge in [0.1, 0.15) is 11.1 Å². The molecule has 3 aromatic rings. The first kappa shape index (κ1) is 20.0.